The van der Waals surface area contributed by atoms with Crippen molar-refractivity contribution in [2.24, 2.45) is 5.92 Å². The summed E-state index contributed by atoms with van der Waals surface area (Å²) in [6.07, 6.45) is -1.57. The Labute approximate surface area is 102 Å². The van der Waals surface area contributed by atoms with Gasteiger partial charge in [0.15, 0.2) is 0 Å². The molecule has 17 heavy (non-hydrogen) atoms. The molecule has 1 aliphatic carbocycles. The predicted molar refractivity (Wildman–Crippen MR) is 63.0 cm³/mol. The average molecular weight is 252 g/mol. The normalized spacial score (nSPS) is 19.1. The summed E-state index contributed by atoms with van der Waals surface area (Å²) in [5, 5.41) is 2.49. The molecule has 1 fully saturated rings. The number of rotatable bonds is 7. The van der Waals surface area contributed by atoms with Crippen molar-refractivity contribution >= 4 is 0 Å². The van der Waals surface area contributed by atoms with Crippen molar-refractivity contribution < 1.29 is 13.2 Å². The van der Waals surface area contributed by atoms with Gasteiger partial charge in [0.2, 0.25) is 0 Å². The Hall–Kier alpha value is -0.290. The van der Waals surface area contributed by atoms with E-state index in [1.807, 2.05) is 6.92 Å². The van der Waals surface area contributed by atoms with Crippen LogP contribution in [0.1, 0.15) is 33.6 Å². The van der Waals surface area contributed by atoms with E-state index in [4.69, 9.17) is 0 Å². The van der Waals surface area contributed by atoms with Crippen LogP contribution in [0.25, 0.3) is 0 Å². The van der Waals surface area contributed by atoms with Crippen LogP contribution in [-0.4, -0.2) is 42.8 Å². The van der Waals surface area contributed by atoms with Crippen LogP contribution in [-0.2, 0) is 0 Å². The fourth-order valence-electron chi connectivity index (χ4n) is 2.04. The van der Waals surface area contributed by atoms with E-state index >= 15 is 0 Å². The van der Waals surface area contributed by atoms with E-state index in [0.29, 0.717) is 12.6 Å². The minimum absolute atomic E-state index is 0.151. The summed E-state index contributed by atoms with van der Waals surface area (Å²) < 4.78 is 36.0. The molecule has 102 valence electrons. The summed E-state index contributed by atoms with van der Waals surface area (Å²) in [7, 11) is 0. The zero-order valence-corrected chi connectivity index (χ0v) is 10.8. The Balaban J connectivity index is 2.28. The molecule has 1 N–H and O–H groups in total. The molecule has 0 heterocycles. The van der Waals surface area contributed by atoms with Gasteiger partial charge in [0, 0.05) is 25.2 Å². The highest BCUT2D eigenvalue weighted by Crippen LogP contribution is 2.30. The molecule has 1 unspecified atom stereocenters. The molecule has 0 aromatic rings. The standard InChI is InChI=1S/C12H23F3N2/c1-9(2)17(7-11-4-5-11)10(3)6-16-8-12(13,14)15/h9-11,16H,4-8H2,1-3H3. The summed E-state index contributed by atoms with van der Waals surface area (Å²) in [5.74, 6) is 0.766. The lowest BCUT2D eigenvalue weighted by molar-refractivity contribution is -0.125. The van der Waals surface area contributed by atoms with Gasteiger partial charge in [0.05, 0.1) is 6.54 Å². The van der Waals surface area contributed by atoms with Gasteiger partial charge in [-0.25, -0.2) is 0 Å². The maximum atomic E-state index is 12.0. The SMILES string of the molecule is CC(C)N(CC1CC1)C(C)CNCC(F)(F)F. The topological polar surface area (TPSA) is 15.3 Å². The molecule has 0 radical (unpaired) electrons. The van der Waals surface area contributed by atoms with Gasteiger partial charge >= 0.3 is 6.18 Å². The van der Waals surface area contributed by atoms with E-state index < -0.39 is 12.7 Å². The van der Waals surface area contributed by atoms with Crippen LogP contribution in [0.4, 0.5) is 13.2 Å². The molecular weight excluding hydrogens is 229 g/mol. The van der Waals surface area contributed by atoms with E-state index in [1.54, 1.807) is 0 Å². The number of hydrogen-bond donors (Lipinski definition) is 1. The molecule has 1 aliphatic rings. The summed E-state index contributed by atoms with van der Waals surface area (Å²) in [5.41, 5.74) is 0. The number of alkyl halides is 3. The maximum absolute atomic E-state index is 12.0. The first-order valence-electron chi connectivity index (χ1n) is 6.33. The highest BCUT2D eigenvalue weighted by atomic mass is 19.4. The van der Waals surface area contributed by atoms with Crippen LogP contribution >= 0.6 is 0 Å². The van der Waals surface area contributed by atoms with Gasteiger partial charge < -0.3 is 5.32 Å². The third kappa shape index (κ3) is 6.27. The van der Waals surface area contributed by atoms with Crippen LogP contribution in [0.2, 0.25) is 0 Å². The molecule has 0 aromatic heterocycles. The molecule has 2 nitrogen and oxygen atoms in total. The van der Waals surface area contributed by atoms with Crippen LogP contribution < -0.4 is 5.32 Å². The lowest BCUT2D eigenvalue weighted by Gasteiger charge is -2.33. The van der Waals surface area contributed by atoms with E-state index in [-0.39, 0.29) is 6.04 Å². The largest absolute Gasteiger partial charge is 0.401 e. The van der Waals surface area contributed by atoms with Gasteiger partial charge in [-0.1, -0.05) is 0 Å². The third-order valence-electron chi connectivity index (χ3n) is 3.16. The Kier molecular flexibility index (Phi) is 5.25. The summed E-state index contributed by atoms with van der Waals surface area (Å²) in [6, 6.07) is 0.538. The second kappa shape index (κ2) is 6.05. The minimum atomic E-state index is -4.11. The lowest BCUT2D eigenvalue weighted by atomic mass is 10.2. The molecule has 5 heteroatoms. The Morgan fingerprint density at radius 2 is 1.82 bits per heavy atom. The minimum Gasteiger partial charge on any atom is -0.307 e. The van der Waals surface area contributed by atoms with E-state index in [9.17, 15) is 13.2 Å². The predicted octanol–water partition coefficient (Wildman–Crippen LogP) is 2.65. The van der Waals surface area contributed by atoms with Crippen LogP contribution in [0.3, 0.4) is 0 Å². The summed E-state index contributed by atoms with van der Waals surface area (Å²) in [6.45, 7) is 6.71. The second-order valence-corrected chi connectivity index (χ2v) is 5.33. The molecule has 0 aliphatic heterocycles. The third-order valence-corrected chi connectivity index (χ3v) is 3.16. The van der Waals surface area contributed by atoms with E-state index in [1.165, 1.54) is 12.8 Å². The lowest BCUT2D eigenvalue weighted by Crippen LogP contribution is -2.46. The van der Waals surface area contributed by atoms with Gasteiger partial charge in [-0.15, -0.1) is 0 Å². The number of halogens is 3. The Morgan fingerprint density at radius 3 is 2.24 bits per heavy atom. The van der Waals surface area contributed by atoms with Gasteiger partial charge in [-0.2, -0.15) is 13.2 Å². The molecule has 1 atom stereocenters. The van der Waals surface area contributed by atoms with Crippen LogP contribution in [0.5, 0.6) is 0 Å². The van der Waals surface area contributed by atoms with Crippen molar-refractivity contribution in [1.82, 2.24) is 10.2 Å². The van der Waals surface area contributed by atoms with Crippen molar-refractivity contribution in [3.8, 4) is 0 Å². The first-order chi connectivity index (χ1) is 7.79. The highest BCUT2D eigenvalue weighted by molar-refractivity contribution is 4.82. The quantitative estimate of drug-likeness (QED) is 0.749. The smallest absolute Gasteiger partial charge is 0.307 e. The van der Waals surface area contributed by atoms with Crippen molar-refractivity contribution in [3.63, 3.8) is 0 Å². The van der Waals surface area contributed by atoms with E-state index in [2.05, 4.69) is 24.1 Å². The van der Waals surface area contributed by atoms with Crippen molar-refractivity contribution in [2.45, 2.75) is 51.9 Å². The van der Waals surface area contributed by atoms with Crippen LogP contribution in [0.15, 0.2) is 0 Å². The molecule has 0 amide bonds. The monoisotopic (exact) mass is 252 g/mol. The van der Waals surface area contributed by atoms with Gasteiger partial charge in [0.1, 0.15) is 0 Å². The molecular formula is C12H23F3N2. The van der Waals surface area contributed by atoms with Crippen molar-refractivity contribution in [1.29, 1.82) is 0 Å². The molecule has 1 saturated carbocycles. The van der Waals surface area contributed by atoms with Gasteiger partial charge in [-0.05, 0) is 39.5 Å². The molecule has 0 spiro atoms. The number of hydrogen-bond acceptors (Lipinski definition) is 2. The van der Waals surface area contributed by atoms with Gasteiger partial charge in [-0.3, -0.25) is 4.90 Å². The number of nitrogens with zero attached hydrogens (tertiary/aromatic N) is 1. The van der Waals surface area contributed by atoms with Crippen LogP contribution in [0, 0.1) is 5.92 Å². The number of nitrogens with one attached hydrogen (secondary N) is 1. The fourth-order valence-corrected chi connectivity index (χ4v) is 2.04. The fraction of sp³-hybridized carbons (Fsp3) is 1.00. The first-order valence-corrected chi connectivity index (χ1v) is 6.33. The van der Waals surface area contributed by atoms with Crippen molar-refractivity contribution in [3.05, 3.63) is 0 Å². The molecule has 0 bridgehead atoms. The molecule has 0 saturated heterocycles. The maximum Gasteiger partial charge on any atom is 0.401 e. The zero-order chi connectivity index (χ0) is 13.1. The zero-order valence-electron chi connectivity index (χ0n) is 10.8. The second-order valence-electron chi connectivity index (χ2n) is 5.33. The summed E-state index contributed by atoms with van der Waals surface area (Å²) in [4.78, 5) is 2.29. The summed E-state index contributed by atoms with van der Waals surface area (Å²) >= 11 is 0. The van der Waals surface area contributed by atoms with E-state index in [0.717, 1.165) is 12.5 Å². The van der Waals surface area contributed by atoms with Crippen molar-refractivity contribution in [2.75, 3.05) is 19.6 Å². The molecule has 1 rings (SSSR count). The Morgan fingerprint density at radius 1 is 1.24 bits per heavy atom. The first kappa shape index (κ1) is 14.8. The molecule has 0 aromatic carbocycles. The van der Waals surface area contributed by atoms with Gasteiger partial charge in [0.25, 0.3) is 0 Å². The Bertz CT molecular complexity index is 224. The highest BCUT2D eigenvalue weighted by Gasteiger charge is 2.29. The average Bonchev–Trinajstić information content (AvgIpc) is 2.94.